The Morgan fingerprint density at radius 2 is 1.85 bits per heavy atom. The average Bonchev–Trinajstić information content (AvgIpc) is 2.32. The fourth-order valence-corrected chi connectivity index (χ4v) is 1.19. The van der Waals surface area contributed by atoms with Gasteiger partial charge in [-0.15, -0.1) is 0 Å². The van der Waals surface area contributed by atoms with Crippen molar-refractivity contribution in [2.45, 2.75) is 19.4 Å². The highest BCUT2D eigenvalue weighted by Gasteiger charge is 2.21. The molecule has 2 N–H and O–H groups in total. The fourth-order valence-electron chi connectivity index (χ4n) is 1.06. The van der Waals surface area contributed by atoms with Gasteiger partial charge in [0.15, 0.2) is 0 Å². The molecule has 0 aliphatic carbocycles. The number of rotatable bonds is 5. The topological polar surface area (TPSA) is 74.0 Å². The average molecular weight is 304 g/mol. The molecule has 0 aliphatic heterocycles. The summed E-state index contributed by atoms with van der Waals surface area (Å²) in [6.45, 7) is 4.00. The first-order chi connectivity index (χ1) is 9.19. The number of hydrogen-bond acceptors (Lipinski definition) is 4. The first-order valence-corrected chi connectivity index (χ1v) is 6.62. The van der Waals surface area contributed by atoms with Gasteiger partial charge in [-0.1, -0.05) is 11.6 Å². The Balaban J connectivity index is 0.000000511. The fraction of sp³-hybridized carbons (Fsp3) is 0.500. The molecule has 0 heterocycles. The minimum absolute atomic E-state index is 0.294. The molecule has 1 aromatic carbocycles. The molecule has 0 atom stereocenters. The lowest BCUT2D eigenvalue weighted by Gasteiger charge is -2.27. The predicted octanol–water partition coefficient (Wildman–Crippen LogP) is -0.629. The van der Waals surface area contributed by atoms with Crippen LogP contribution < -0.4 is 14.7 Å². The van der Waals surface area contributed by atoms with Gasteiger partial charge in [-0.25, -0.2) is 0 Å². The van der Waals surface area contributed by atoms with Crippen molar-refractivity contribution in [2.75, 3.05) is 27.2 Å². The number of benzene rings is 1. The molecule has 6 heteroatoms. The number of carbonyl (C=O) groups excluding carboxylic acids is 1. The second kappa shape index (κ2) is 8.79. The number of nitrogens with one attached hydrogen (secondary N) is 1. The number of aliphatic hydroxyl groups is 1. The van der Waals surface area contributed by atoms with Crippen molar-refractivity contribution in [3.63, 3.8) is 0 Å². The van der Waals surface area contributed by atoms with E-state index in [2.05, 4.69) is 0 Å². The molecule has 5 nitrogen and oxygen atoms in total. The molecular weight excluding hydrogens is 282 g/mol. The Morgan fingerprint density at radius 3 is 2.15 bits per heavy atom. The van der Waals surface area contributed by atoms with Crippen molar-refractivity contribution in [1.29, 1.82) is 0 Å². The van der Waals surface area contributed by atoms with Crippen molar-refractivity contribution in [3.8, 4) is 5.75 Å². The standard InChI is InChI=1S/C10H11ClO3.C4H11NO/c1-10(2,9(12)13)14-8-5-3-7(11)4-6-8;1-5(2)3-4-6/h3-6H,1-2H3,(H,12,13);6H,3-4H2,1-2H3. The maximum atomic E-state index is 10.6. The number of hydrogen-bond donors (Lipinski definition) is 2. The van der Waals surface area contributed by atoms with E-state index in [1.807, 2.05) is 14.1 Å². The van der Waals surface area contributed by atoms with Crippen LogP contribution in [0.3, 0.4) is 0 Å². The molecule has 0 spiro atoms. The van der Waals surface area contributed by atoms with Gasteiger partial charge >= 0.3 is 0 Å². The van der Waals surface area contributed by atoms with Gasteiger partial charge in [0.2, 0.25) is 0 Å². The number of carboxylic acids is 1. The van der Waals surface area contributed by atoms with Gasteiger partial charge in [0.25, 0.3) is 0 Å². The van der Waals surface area contributed by atoms with Crippen molar-refractivity contribution in [3.05, 3.63) is 29.3 Å². The smallest absolute Gasteiger partial charge is 0.143 e. The van der Waals surface area contributed by atoms with E-state index < -0.39 is 11.6 Å². The van der Waals surface area contributed by atoms with E-state index in [4.69, 9.17) is 21.4 Å². The summed E-state index contributed by atoms with van der Waals surface area (Å²) in [6, 6.07) is 6.46. The number of aliphatic carboxylic acids is 1. The van der Waals surface area contributed by atoms with Gasteiger partial charge in [-0.2, -0.15) is 0 Å². The normalized spacial score (nSPS) is 10.8. The summed E-state index contributed by atoms with van der Waals surface area (Å²) in [6.07, 6.45) is 0. The van der Waals surface area contributed by atoms with Crippen molar-refractivity contribution in [1.82, 2.24) is 0 Å². The first-order valence-electron chi connectivity index (χ1n) is 6.25. The number of carbonyl (C=O) groups is 1. The Morgan fingerprint density at radius 1 is 1.35 bits per heavy atom. The molecule has 0 radical (unpaired) electrons. The second-order valence-corrected chi connectivity index (χ2v) is 5.47. The molecule has 114 valence electrons. The lowest BCUT2D eigenvalue weighted by Crippen LogP contribution is -3.06. The summed E-state index contributed by atoms with van der Waals surface area (Å²) in [7, 11) is 4.02. The Labute approximate surface area is 124 Å². The van der Waals surface area contributed by atoms with Crippen LogP contribution in [0.5, 0.6) is 5.75 Å². The third-order valence-corrected chi connectivity index (χ3v) is 2.54. The predicted molar refractivity (Wildman–Crippen MR) is 75.9 cm³/mol. The third kappa shape index (κ3) is 7.99. The summed E-state index contributed by atoms with van der Waals surface area (Å²) >= 11 is 5.66. The quantitative estimate of drug-likeness (QED) is 0.760. The maximum absolute atomic E-state index is 10.6. The molecule has 0 saturated heterocycles. The van der Waals surface area contributed by atoms with Crippen LogP contribution in [0.1, 0.15) is 13.8 Å². The zero-order valence-corrected chi connectivity index (χ0v) is 13.0. The number of halogens is 1. The van der Waals surface area contributed by atoms with E-state index in [0.29, 0.717) is 17.4 Å². The minimum Gasteiger partial charge on any atom is -0.546 e. The van der Waals surface area contributed by atoms with E-state index in [-0.39, 0.29) is 0 Å². The summed E-state index contributed by atoms with van der Waals surface area (Å²) < 4.78 is 5.20. The lowest BCUT2D eigenvalue weighted by atomic mass is 10.1. The number of ether oxygens (including phenoxy) is 1. The highest BCUT2D eigenvalue weighted by molar-refractivity contribution is 6.30. The van der Waals surface area contributed by atoms with Crippen LogP contribution in [0.2, 0.25) is 5.02 Å². The van der Waals surface area contributed by atoms with E-state index >= 15 is 0 Å². The Bertz CT molecular complexity index is 404. The van der Waals surface area contributed by atoms with E-state index in [1.165, 1.54) is 18.7 Å². The molecule has 0 saturated carbocycles. The van der Waals surface area contributed by atoms with Gasteiger partial charge in [-0.3, -0.25) is 0 Å². The molecule has 0 bridgehead atoms. The maximum Gasteiger partial charge on any atom is 0.143 e. The number of aliphatic hydroxyl groups excluding tert-OH is 1. The van der Waals surface area contributed by atoms with E-state index in [1.54, 1.807) is 24.3 Å². The number of quaternary nitrogens is 1. The molecule has 0 fully saturated rings. The lowest BCUT2D eigenvalue weighted by molar-refractivity contribution is -0.858. The zero-order valence-electron chi connectivity index (χ0n) is 12.3. The largest absolute Gasteiger partial charge is 0.546 e. The summed E-state index contributed by atoms with van der Waals surface area (Å²) in [5.41, 5.74) is -1.34. The van der Waals surface area contributed by atoms with Crippen molar-refractivity contribution < 1.29 is 24.6 Å². The SMILES string of the molecule is CC(C)(Oc1ccc(Cl)cc1)C(=O)[O-].C[NH+](C)CCO. The summed E-state index contributed by atoms with van der Waals surface area (Å²) in [5.74, 6) is -0.809. The Kier molecular flexibility index (Phi) is 8.22. The number of likely N-dealkylation sites (N-methyl/N-ethyl adjacent to an activating group) is 1. The molecule has 1 aromatic rings. The highest BCUT2D eigenvalue weighted by Crippen LogP contribution is 2.20. The van der Waals surface area contributed by atoms with Crippen LogP contribution in [0.25, 0.3) is 0 Å². The van der Waals surface area contributed by atoms with Crippen molar-refractivity contribution in [2.24, 2.45) is 0 Å². The highest BCUT2D eigenvalue weighted by atomic mass is 35.5. The van der Waals surface area contributed by atoms with Crippen LogP contribution in [0, 0.1) is 0 Å². The van der Waals surface area contributed by atoms with Crippen LogP contribution >= 0.6 is 11.6 Å². The number of carboxylic acid groups (broad SMARTS) is 1. The monoisotopic (exact) mass is 303 g/mol. The van der Waals surface area contributed by atoms with Gasteiger partial charge in [0.05, 0.1) is 26.7 Å². The van der Waals surface area contributed by atoms with Crippen LogP contribution in [0.4, 0.5) is 0 Å². The molecular formula is C14H22ClNO4. The van der Waals surface area contributed by atoms with E-state index in [0.717, 1.165) is 6.54 Å². The summed E-state index contributed by atoms with van der Waals surface area (Å²) in [4.78, 5) is 11.9. The Hall–Kier alpha value is -1.30. The minimum atomic E-state index is -1.34. The molecule has 0 unspecified atom stereocenters. The molecule has 0 amide bonds. The zero-order chi connectivity index (χ0) is 15.8. The molecule has 1 rings (SSSR count). The summed E-state index contributed by atoms with van der Waals surface area (Å²) in [5, 5.41) is 19.4. The van der Waals surface area contributed by atoms with Gasteiger partial charge in [0, 0.05) is 5.02 Å². The van der Waals surface area contributed by atoms with Gasteiger partial charge in [-0.05, 0) is 38.1 Å². The molecule has 0 aromatic heterocycles. The van der Waals surface area contributed by atoms with Crippen LogP contribution in [-0.4, -0.2) is 43.9 Å². The van der Waals surface area contributed by atoms with Crippen LogP contribution in [0.15, 0.2) is 24.3 Å². The van der Waals surface area contributed by atoms with Gasteiger partial charge < -0.3 is 24.6 Å². The second-order valence-electron chi connectivity index (χ2n) is 5.03. The van der Waals surface area contributed by atoms with Crippen LogP contribution in [-0.2, 0) is 4.79 Å². The third-order valence-electron chi connectivity index (χ3n) is 2.29. The first kappa shape index (κ1) is 18.7. The van der Waals surface area contributed by atoms with Crippen molar-refractivity contribution >= 4 is 17.6 Å². The molecule has 20 heavy (non-hydrogen) atoms. The van der Waals surface area contributed by atoms with Gasteiger partial charge in [0.1, 0.15) is 17.9 Å². The van der Waals surface area contributed by atoms with E-state index in [9.17, 15) is 9.90 Å². The molecule has 0 aliphatic rings.